The first kappa shape index (κ1) is 15.6. The van der Waals surface area contributed by atoms with E-state index in [0.717, 1.165) is 6.07 Å². The second kappa shape index (κ2) is 6.80. The molecular formula is C16H13F2NO3. The molecule has 0 aromatic heterocycles. The molecule has 4 nitrogen and oxygen atoms in total. The lowest BCUT2D eigenvalue weighted by Gasteiger charge is -2.15. The minimum Gasteiger partial charge on any atom is -0.479 e. The number of nitrogens with one attached hydrogen (secondary N) is 1. The Hall–Kier alpha value is -2.76. The summed E-state index contributed by atoms with van der Waals surface area (Å²) in [5.74, 6) is -3.23. The average Bonchev–Trinajstić information content (AvgIpc) is 2.45. The largest absolute Gasteiger partial charge is 0.479 e. The topological polar surface area (TPSA) is 66.4 Å². The van der Waals surface area contributed by atoms with Crippen LogP contribution in [0.4, 0.5) is 8.78 Å². The summed E-state index contributed by atoms with van der Waals surface area (Å²) in [5.41, 5.74) is 0.262. The van der Waals surface area contributed by atoms with E-state index < -0.39 is 29.6 Å². The molecule has 0 radical (unpaired) electrons. The Kier molecular flexibility index (Phi) is 4.83. The van der Waals surface area contributed by atoms with Crippen LogP contribution in [0.2, 0.25) is 0 Å². The van der Waals surface area contributed by atoms with Gasteiger partial charge in [-0.05, 0) is 23.8 Å². The van der Waals surface area contributed by atoms with Crippen LogP contribution in [0.25, 0.3) is 0 Å². The summed E-state index contributed by atoms with van der Waals surface area (Å²) in [6, 6.07) is 9.21. The lowest BCUT2D eigenvalue weighted by atomic mass is 10.1. The predicted octanol–water partition coefficient (Wildman–Crippen LogP) is 2.45. The molecule has 1 atom stereocenters. The van der Waals surface area contributed by atoms with E-state index in [1.165, 1.54) is 36.4 Å². The van der Waals surface area contributed by atoms with Gasteiger partial charge in [0, 0.05) is 5.56 Å². The van der Waals surface area contributed by atoms with Crippen molar-refractivity contribution in [2.75, 3.05) is 0 Å². The van der Waals surface area contributed by atoms with Crippen LogP contribution in [0.15, 0.2) is 48.5 Å². The fourth-order valence-corrected chi connectivity index (χ4v) is 2.03. The van der Waals surface area contributed by atoms with E-state index in [2.05, 4.69) is 5.32 Å². The third kappa shape index (κ3) is 3.88. The summed E-state index contributed by atoms with van der Waals surface area (Å²) in [6.45, 7) is 0. The number of benzene rings is 2. The molecular weight excluding hydrogens is 292 g/mol. The quantitative estimate of drug-likeness (QED) is 0.891. The smallest absolute Gasteiger partial charge is 0.331 e. The van der Waals surface area contributed by atoms with Crippen LogP contribution >= 0.6 is 0 Å². The number of carboxylic acids is 1. The number of carbonyl (C=O) groups is 2. The van der Waals surface area contributed by atoms with Gasteiger partial charge in [-0.2, -0.15) is 0 Å². The molecule has 0 bridgehead atoms. The van der Waals surface area contributed by atoms with Crippen LogP contribution in [0, 0.1) is 11.6 Å². The fraction of sp³-hybridized carbons (Fsp3) is 0.125. The summed E-state index contributed by atoms with van der Waals surface area (Å²) in [4.78, 5) is 23.2. The molecule has 0 heterocycles. The molecule has 0 unspecified atom stereocenters. The van der Waals surface area contributed by atoms with Crippen molar-refractivity contribution in [1.82, 2.24) is 5.32 Å². The van der Waals surface area contributed by atoms with Crippen LogP contribution in [0.3, 0.4) is 0 Å². The number of hydrogen-bond donors (Lipinski definition) is 2. The SMILES string of the molecule is O=C(Cc1cccc(F)c1)N[C@@H](C(=O)O)c1ccccc1F. The Morgan fingerprint density at radius 1 is 1.09 bits per heavy atom. The third-order valence-electron chi connectivity index (χ3n) is 3.02. The van der Waals surface area contributed by atoms with Gasteiger partial charge in [0.25, 0.3) is 0 Å². The van der Waals surface area contributed by atoms with Gasteiger partial charge < -0.3 is 10.4 Å². The van der Waals surface area contributed by atoms with E-state index in [1.807, 2.05) is 0 Å². The first-order valence-corrected chi connectivity index (χ1v) is 6.48. The molecule has 2 aromatic carbocycles. The minimum atomic E-state index is -1.50. The van der Waals surface area contributed by atoms with Crippen molar-refractivity contribution in [1.29, 1.82) is 0 Å². The number of carbonyl (C=O) groups excluding carboxylic acids is 1. The zero-order valence-corrected chi connectivity index (χ0v) is 11.4. The molecule has 22 heavy (non-hydrogen) atoms. The van der Waals surface area contributed by atoms with Gasteiger partial charge in [0.05, 0.1) is 6.42 Å². The number of halogens is 2. The van der Waals surface area contributed by atoms with Crippen molar-refractivity contribution < 1.29 is 23.5 Å². The van der Waals surface area contributed by atoms with Crippen LogP contribution in [-0.4, -0.2) is 17.0 Å². The van der Waals surface area contributed by atoms with Crippen molar-refractivity contribution >= 4 is 11.9 Å². The maximum Gasteiger partial charge on any atom is 0.331 e. The highest BCUT2D eigenvalue weighted by Gasteiger charge is 2.24. The summed E-state index contributed by atoms with van der Waals surface area (Å²) in [6.07, 6.45) is -0.198. The molecule has 0 aliphatic carbocycles. The van der Waals surface area contributed by atoms with E-state index in [9.17, 15) is 18.4 Å². The van der Waals surface area contributed by atoms with E-state index >= 15 is 0 Å². The number of aliphatic carboxylic acids is 1. The molecule has 6 heteroatoms. The highest BCUT2D eigenvalue weighted by atomic mass is 19.1. The van der Waals surface area contributed by atoms with E-state index in [1.54, 1.807) is 6.07 Å². The van der Waals surface area contributed by atoms with Crippen molar-refractivity contribution in [3.05, 3.63) is 71.3 Å². The Morgan fingerprint density at radius 2 is 1.82 bits per heavy atom. The highest BCUT2D eigenvalue weighted by Crippen LogP contribution is 2.17. The first-order chi connectivity index (χ1) is 10.5. The molecule has 0 fully saturated rings. The number of carboxylic acid groups (broad SMARTS) is 1. The lowest BCUT2D eigenvalue weighted by Crippen LogP contribution is -2.35. The predicted molar refractivity (Wildman–Crippen MR) is 75.0 cm³/mol. The molecule has 2 N–H and O–H groups in total. The van der Waals surface area contributed by atoms with Crippen molar-refractivity contribution in [2.24, 2.45) is 0 Å². The summed E-state index contributed by atoms with van der Waals surface area (Å²) < 4.78 is 26.7. The Bertz CT molecular complexity index is 703. The molecule has 114 valence electrons. The van der Waals surface area contributed by atoms with Crippen LogP contribution in [-0.2, 0) is 16.0 Å². The Labute approximate surface area is 125 Å². The van der Waals surface area contributed by atoms with Gasteiger partial charge in [-0.1, -0.05) is 30.3 Å². The summed E-state index contributed by atoms with van der Waals surface area (Å²) in [7, 11) is 0. The van der Waals surface area contributed by atoms with Crippen molar-refractivity contribution in [2.45, 2.75) is 12.5 Å². The maximum atomic E-state index is 13.7. The Balaban J connectivity index is 2.13. The van der Waals surface area contributed by atoms with Crippen molar-refractivity contribution in [3.8, 4) is 0 Å². The van der Waals surface area contributed by atoms with Crippen molar-refractivity contribution in [3.63, 3.8) is 0 Å². The molecule has 0 aliphatic heterocycles. The van der Waals surface area contributed by atoms with E-state index in [-0.39, 0.29) is 12.0 Å². The van der Waals surface area contributed by atoms with Gasteiger partial charge in [-0.25, -0.2) is 13.6 Å². The van der Waals surface area contributed by atoms with Gasteiger partial charge >= 0.3 is 5.97 Å². The molecule has 0 saturated heterocycles. The third-order valence-corrected chi connectivity index (χ3v) is 3.02. The van der Waals surface area contributed by atoms with Gasteiger partial charge in [0.1, 0.15) is 11.6 Å². The fourth-order valence-electron chi connectivity index (χ4n) is 2.03. The second-order valence-corrected chi connectivity index (χ2v) is 4.67. The molecule has 0 saturated carbocycles. The van der Waals surface area contributed by atoms with E-state index in [4.69, 9.17) is 5.11 Å². The van der Waals surface area contributed by atoms with Crippen LogP contribution in [0.5, 0.6) is 0 Å². The van der Waals surface area contributed by atoms with Gasteiger partial charge in [0.2, 0.25) is 5.91 Å². The molecule has 0 spiro atoms. The summed E-state index contributed by atoms with van der Waals surface area (Å²) >= 11 is 0. The molecule has 0 aliphatic rings. The average molecular weight is 305 g/mol. The number of hydrogen-bond acceptors (Lipinski definition) is 2. The molecule has 2 aromatic rings. The minimum absolute atomic E-state index is 0.136. The first-order valence-electron chi connectivity index (χ1n) is 6.48. The number of amides is 1. The summed E-state index contributed by atoms with van der Waals surface area (Å²) in [5, 5.41) is 11.4. The number of rotatable bonds is 5. The zero-order chi connectivity index (χ0) is 16.1. The monoisotopic (exact) mass is 305 g/mol. The lowest BCUT2D eigenvalue weighted by molar-refractivity contribution is -0.142. The second-order valence-electron chi connectivity index (χ2n) is 4.67. The standard InChI is InChI=1S/C16H13F2NO3/c17-11-5-3-4-10(8-11)9-14(20)19-15(16(21)22)12-6-1-2-7-13(12)18/h1-8,15H,9H2,(H,19,20)(H,21,22)/t15-/m1/s1. The van der Waals surface area contributed by atoms with Gasteiger partial charge in [-0.15, -0.1) is 0 Å². The van der Waals surface area contributed by atoms with Gasteiger partial charge in [-0.3, -0.25) is 4.79 Å². The molecule has 2 rings (SSSR count). The molecule has 1 amide bonds. The normalized spacial score (nSPS) is 11.7. The van der Waals surface area contributed by atoms with Gasteiger partial charge in [0.15, 0.2) is 6.04 Å². The Morgan fingerprint density at radius 3 is 2.45 bits per heavy atom. The highest BCUT2D eigenvalue weighted by molar-refractivity contribution is 5.85. The maximum absolute atomic E-state index is 13.7. The van der Waals surface area contributed by atoms with E-state index in [0.29, 0.717) is 5.56 Å². The van der Waals surface area contributed by atoms with Crippen LogP contribution in [0.1, 0.15) is 17.2 Å². The van der Waals surface area contributed by atoms with Crippen LogP contribution < -0.4 is 5.32 Å². The zero-order valence-electron chi connectivity index (χ0n) is 11.4.